The van der Waals surface area contributed by atoms with Gasteiger partial charge in [0.2, 0.25) is 5.78 Å². The van der Waals surface area contributed by atoms with Crippen LogP contribution in [0.1, 0.15) is 34.1 Å². The van der Waals surface area contributed by atoms with Crippen LogP contribution in [0.4, 0.5) is 10.7 Å². The summed E-state index contributed by atoms with van der Waals surface area (Å²) in [5.41, 5.74) is 0.394. The maximum Gasteiger partial charge on any atom is 0.205 e. The zero-order valence-electron chi connectivity index (χ0n) is 12.4. The van der Waals surface area contributed by atoms with Crippen LogP contribution in [0, 0.1) is 0 Å². The van der Waals surface area contributed by atoms with E-state index >= 15 is 0 Å². The van der Waals surface area contributed by atoms with Crippen molar-refractivity contribution in [2.75, 3.05) is 11.4 Å². The van der Waals surface area contributed by atoms with E-state index < -0.39 is 5.60 Å². The summed E-state index contributed by atoms with van der Waals surface area (Å²) in [6, 6.07) is 8.84. The first-order valence-corrected chi connectivity index (χ1v) is 8.21. The van der Waals surface area contributed by atoms with E-state index in [9.17, 15) is 14.7 Å². The van der Waals surface area contributed by atoms with Crippen LogP contribution in [-0.4, -0.2) is 34.7 Å². The molecule has 1 fully saturated rings. The molecule has 0 bridgehead atoms. The third-order valence-corrected chi connectivity index (χ3v) is 5.19. The number of hydrogen-bond donors (Lipinski definition) is 1. The summed E-state index contributed by atoms with van der Waals surface area (Å²) in [6.07, 6.45) is 0.314. The molecule has 1 aromatic heterocycles. The Morgan fingerprint density at radius 1 is 1.30 bits per heavy atom. The van der Waals surface area contributed by atoms with Gasteiger partial charge in [0, 0.05) is 24.2 Å². The summed E-state index contributed by atoms with van der Waals surface area (Å²) in [5, 5.41) is 13.3. The third-order valence-electron chi connectivity index (χ3n) is 4.38. The fraction of sp³-hybridized carbons (Fsp3) is 0.235. The molecule has 1 atom stereocenters. The summed E-state index contributed by atoms with van der Waals surface area (Å²) >= 11 is 1.39. The number of hydrogen-bond acceptors (Lipinski definition) is 6. The minimum Gasteiger partial charge on any atom is -0.374 e. The first-order valence-electron chi connectivity index (χ1n) is 7.33. The molecule has 0 aliphatic carbocycles. The number of nitrogens with zero attached hydrogens (tertiary/aromatic N) is 2. The van der Waals surface area contributed by atoms with Crippen molar-refractivity contribution in [3.05, 3.63) is 46.8 Å². The van der Waals surface area contributed by atoms with E-state index in [4.69, 9.17) is 0 Å². The number of carbonyl (C=O) groups excluding carboxylic acids is 2. The van der Waals surface area contributed by atoms with Gasteiger partial charge in [-0.25, -0.2) is 4.99 Å². The summed E-state index contributed by atoms with van der Waals surface area (Å²) < 4.78 is 0. The molecular formula is C17H14N2O3S. The number of carbonyl (C=O) groups is 2. The largest absolute Gasteiger partial charge is 0.374 e. The maximum atomic E-state index is 12.6. The summed E-state index contributed by atoms with van der Waals surface area (Å²) in [4.78, 5) is 30.4. The SMILES string of the molecule is CC(=O)c1ccc(N2CCC3(O)C(=O)c4ccsc4N=C23)cc1. The van der Waals surface area contributed by atoms with Gasteiger partial charge < -0.3 is 10.0 Å². The molecule has 1 aromatic carbocycles. The van der Waals surface area contributed by atoms with Crippen molar-refractivity contribution >= 4 is 39.4 Å². The molecule has 6 heteroatoms. The van der Waals surface area contributed by atoms with E-state index in [1.54, 1.807) is 18.2 Å². The molecule has 0 spiro atoms. The Bertz CT molecular complexity index is 853. The predicted molar refractivity (Wildman–Crippen MR) is 89.1 cm³/mol. The molecule has 3 heterocycles. The highest BCUT2D eigenvalue weighted by Crippen LogP contribution is 2.41. The zero-order chi connectivity index (χ0) is 16.2. The summed E-state index contributed by atoms with van der Waals surface area (Å²) in [5.74, 6) is 0.109. The van der Waals surface area contributed by atoms with E-state index in [0.717, 1.165) is 5.69 Å². The van der Waals surface area contributed by atoms with Crippen molar-refractivity contribution in [1.29, 1.82) is 0 Å². The van der Waals surface area contributed by atoms with Gasteiger partial charge in [-0.1, -0.05) is 0 Å². The molecule has 1 N–H and O–H groups in total. The second kappa shape index (κ2) is 4.84. The van der Waals surface area contributed by atoms with Gasteiger partial charge in [-0.15, -0.1) is 11.3 Å². The topological polar surface area (TPSA) is 70.0 Å². The Hall–Kier alpha value is -2.31. The predicted octanol–water partition coefficient (Wildman–Crippen LogP) is 2.82. The van der Waals surface area contributed by atoms with Crippen LogP contribution in [0.5, 0.6) is 0 Å². The van der Waals surface area contributed by atoms with Gasteiger partial charge in [-0.3, -0.25) is 9.59 Å². The molecule has 23 heavy (non-hydrogen) atoms. The van der Waals surface area contributed by atoms with Crippen molar-refractivity contribution in [2.45, 2.75) is 18.9 Å². The van der Waals surface area contributed by atoms with Gasteiger partial charge in [-0.2, -0.15) is 0 Å². The van der Waals surface area contributed by atoms with Crippen LogP contribution in [0.3, 0.4) is 0 Å². The Morgan fingerprint density at radius 3 is 2.74 bits per heavy atom. The van der Waals surface area contributed by atoms with Crippen molar-refractivity contribution < 1.29 is 14.7 Å². The normalized spacial score (nSPS) is 22.6. The molecule has 0 saturated carbocycles. The third kappa shape index (κ3) is 1.99. The molecule has 1 unspecified atom stereocenters. The van der Waals surface area contributed by atoms with Crippen molar-refractivity contribution in [3.8, 4) is 0 Å². The van der Waals surface area contributed by atoms with Gasteiger partial charge in [0.15, 0.2) is 17.2 Å². The lowest BCUT2D eigenvalue weighted by Crippen LogP contribution is -2.48. The second-order valence-corrected chi connectivity index (χ2v) is 6.66. The average molecular weight is 326 g/mol. The Labute approximate surface area is 136 Å². The Morgan fingerprint density at radius 2 is 2.04 bits per heavy atom. The lowest BCUT2D eigenvalue weighted by atomic mass is 9.90. The van der Waals surface area contributed by atoms with E-state index in [-0.39, 0.29) is 11.6 Å². The number of ketones is 2. The smallest absolute Gasteiger partial charge is 0.205 e. The lowest BCUT2D eigenvalue weighted by molar-refractivity contribution is 0.0603. The number of thiophene rings is 1. The summed E-state index contributed by atoms with van der Waals surface area (Å²) in [7, 11) is 0. The highest BCUT2D eigenvalue weighted by atomic mass is 32.1. The van der Waals surface area contributed by atoms with Gasteiger partial charge in [0.1, 0.15) is 5.00 Å². The number of rotatable bonds is 2. The van der Waals surface area contributed by atoms with Gasteiger partial charge in [0.25, 0.3) is 0 Å². The quantitative estimate of drug-likeness (QED) is 0.862. The van der Waals surface area contributed by atoms with Crippen LogP contribution >= 0.6 is 11.3 Å². The monoisotopic (exact) mass is 326 g/mol. The van der Waals surface area contributed by atoms with Crippen LogP contribution in [0.15, 0.2) is 40.7 Å². The van der Waals surface area contributed by atoms with Crippen LogP contribution in [0.25, 0.3) is 0 Å². The number of fused-ring (bicyclic) bond motifs is 2. The number of aliphatic imine (C=N–C) groups is 1. The van der Waals surface area contributed by atoms with E-state index in [2.05, 4.69) is 4.99 Å². The highest BCUT2D eigenvalue weighted by Gasteiger charge is 2.52. The Balaban J connectivity index is 1.78. The average Bonchev–Trinajstić information content (AvgIpc) is 3.13. The van der Waals surface area contributed by atoms with Gasteiger partial charge in [-0.05, 0) is 42.6 Å². The maximum absolute atomic E-state index is 12.6. The first kappa shape index (κ1) is 14.3. The summed E-state index contributed by atoms with van der Waals surface area (Å²) in [6.45, 7) is 2.03. The number of benzene rings is 1. The minimum absolute atomic E-state index is 0.00268. The number of anilines is 1. The van der Waals surface area contributed by atoms with E-state index in [0.29, 0.717) is 34.9 Å². The zero-order valence-corrected chi connectivity index (χ0v) is 13.3. The van der Waals surface area contributed by atoms with Crippen molar-refractivity contribution in [3.63, 3.8) is 0 Å². The van der Waals surface area contributed by atoms with Crippen LogP contribution in [0.2, 0.25) is 0 Å². The van der Waals surface area contributed by atoms with Crippen molar-refractivity contribution in [1.82, 2.24) is 0 Å². The first-order chi connectivity index (χ1) is 11.0. The number of Topliss-reactive ketones (excluding diaryl/α,β-unsaturated/α-hetero) is 2. The molecule has 1 saturated heterocycles. The van der Waals surface area contributed by atoms with Crippen LogP contribution in [-0.2, 0) is 0 Å². The van der Waals surface area contributed by atoms with Gasteiger partial charge in [0.05, 0.1) is 5.56 Å². The van der Waals surface area contributed by atoms with Crippen molar-refractivity contribution in [2.24, 2.45) is 4.99 Å². The minimum atomic E-state index is -1.55. The fourth-order valence-corrected chi connectivity index (χ4v) is 3.85. The molecule has 2 aromatic rings. The molecular weight excluding hydrogens is 312 g/mol. The van der Waals surface area contributed by atoms with E-state index in [1.807, 2.05) is 22.4 Å². The molecule has 0 amide bonds. The number of aliphatic hydroxyl groups is 1. The second-order valence-electron chi connectivity index (χ2n) is 5.77. The molecule has 116 valence electrons. The standard InChI is InChI=1S/C17H14N2O3S/c1-10(20)11-2-4-12(5-3-11)19-8-7-17(22)14(21)13-6-9-23-15(13)18-16(17)19/h2-6,9,22H,7-8H2,1H3. The number of amidine groups is 1. The van der Waals surface area contributed by atoms with E-state index in [1.165, 1.54) is 18.3 Å². The molecule has 4 rings (SSSR count). The molecule has 2 aliphatic rings. The van der Waals surface area contributed by atoms with Crippen LogP contribution < -0.4 is 4.90 Å². The lowest BCUT2D eigenvalue weighted by Gasteiger charge is -2.28. The molecule has 2 aliphatic heterocycles. The fourth-order valence-electron chi connectivity index (χ4n) is 3.09. The highest BCUT2D eigenvalue weighted by molar-refractivity contribution is 7.14. The molecule has 0 radical (unpaired) electrons. The Kier molecular flexibility index (Phi) is 3.01. The molecule has 5 nitrogen and oxygen atoms in total. The van der Waals surface area contributed by atoms with Gasteiger partial charge >= 0.3 is 0 Å².